The molecule has 1 saturated heterocycles. The van der Waals surface area contributed by atoms with Gasteiger partial charge in [-0.05, 0) is 58.0 Å². The normalized spacial score (nSPS) is 16.8. The molecule has 1 aliphatic rings. The zero-order valence-electron chi connectivity index (χ0n) is 14.5. The van der Waals surface area contributed by atoms with Crippen LogP contribution < -0.4 is 10.6 Å². The third-order valence-electron chi connectivity index (χ3n) is 4.52. The largest absolute Gasteiger partial charge is 0.353 e. The Bertz CT molecular complexity index is 674. The number of para-hydroxylation sites is 1. The first-order chi connectivity index (χ1) is 11.6. The van der Waals surface area contributed by atoms with Gasteiger partial charge < -0.3 is 10.6 Å². The standard InChI is InChI=1S/C19H26N4O/c1-14(21-19(24)16-8-10-20-11-9-16)12-18-13-15(2)22-23(18)17-6-4-3-5-7-17/h3-7,13-14,16,20H,8-12H2,1-2H3,(H,21,24). The summed E-state index contributed by atoms with van der Waals surface area (Å²) in [5.74, 6) is 0.334. The van der Waals surface area contributed by atoms with E-state index in [0.717, 1.165) is 49.4 Å². The maximum atomic E-state index is 12.4. The average Bonchev–Trinajstić information content (AvgIpc) is 2.96. The molecule has 0 bridgehead atoms. The molecule has 1 fully saturated rings. The maximum Gasteiger partial charge on any atom is 0.223 e. The minimum Gasteiger partial charge on any atom is -0.353 e. The second-order valence-electron chi connectivity index (χ2n) is 6.66. The van der Waals surface area contributed by atoms with Crippen LogP contribution in [0.3, 0.4) is 0 Å². The van der Waals surface area contributed by atoms with Gasteiger partial charge in [-0.1, -0.05) is 18.2 Å². The number of amides is 1. The predicted octanol–water partition coefficient (Wildman–Crippen LogP) is 2.23. The van der Waals surface area contributed by atoms with Gasteiger partial charge in [-0.25, -0.2) is 4.68 Å². The maximum absolute atomic E-state index is 12.4. The number of aromatic nitrogens is 2. The molecule has 1 amide bonds. The van der Waals surface area contributed by atoms with E-state index in [9.17, 15) is 4.79 Å². The second-order valence-corrected chi connectivity index (χ2v) is 6.66. The monoisotopic (exact) mass is 326 g/mol. The SMILES string of the molecule is Cc1cc(CC(C)NC(=O)C2CCNCC2)n(-c2ccccc2)n1. The summed E-state index contributed by atoms with van der Waals surface area (Å²) in [6, 6.07) is 12.3. The summed E-state index contributed by atoms with van der Waals surface area (Å²) in [7, 11) is 0. The number of rotatable bonds is 5. The first-order valence-electron chi connectivity index (χ1n) is 8.75. The van der Waals surface area contributed by atoms with E-state index >= 15 is 0 Å². The molecule has 128 valence electrons. The molecule has 0 saturated carbocycles. The van der Waals surface area contributed by atoms with Gasteiger partial charge >= 0.3 is 0 Å². The van der Waals surface area contributed by atoms with Crippen LogP contribution in [-0.2, 0) is 11.2 Å². The zero-order valence-corrected chi connectivity index (χ0v) is 14.5. The Hall–Kier alpha value is -2.14. The third kappa shape index (κ3) is 4.03. The zero-order chi connectivity index (χ0) is 16.9. The van der Waals surface area contributed by atoms with Crippen molar-refractivity contribution in [1.82, 2.24) is 20.4 Å². The van der Waals surface area contributed by atoms with Crippen LogP contribution in [-0.4, -0.2) is 34.8 Å². The van der Waals surface area contributed by atoms with Crippen molar-refractivity contribution in [2.75, 3.05) is 13.1 Å². The van der Waals surface area contributed by atoms with Gasteiger partial charge in [0.05, 0.1) is 11.4 Å². The number of carbonyl (C=O) groups is 1. The Morgan fingerprint density at radius 2 is 2.04 bits per heavy atom. The summed E-state index contributed by atoms with van der Waals surface area (Å²) in [6.45, 7) is 5.94. The van der Waals surface area contributed by atoms with Crippen molar-refractivity contribution in [2.45, 2.75) is 39.2 Å². The first-order valence-corrected chi connectivity index (χ1v) is 8.75. The number of benzene rings is 1. The fraction of sp³-hybridized carbons (Fsp3) is 0.474. The fourth-order valence-electron chi connectivity index (χ4n) is 3.30. The Morgan fingerprint density at radius 3 is 2.75 bits per heavy atom. The highest BCUT2D eigenvalue weighted by Crippen LogP contribution is 2.15. The molecule has 1 aromatic heterocycles. The number of carbonyl (C=O) groups excluding carboxylic acids is 1. The minimum atomic E-state index is 0.0888. The summed E-state index contributed by atoms with van der Waals surface area (Å²) < 4.78 is 1.97. The summed E-state index contributed by atoms with van der Waals surface area (Å²) in [4.78, 5) is 12.4. The van der Waals surface area contributed by atoms with Crippen LogP contribution in [0, 0.1) is 12.8 Å². The van der Waals surface area contributed by atoms with Gasteiger partial charge in [0, 0.05) is 24.1 Å². The topological polar surface area (TPSA) is 59.0 Å². The van der Waals surface area contributed by atoms with Gasteiger partial charge in [-0.3, -0.25) is 4.79 Å². The summed E-state index contributed by atoms with van der Waals surface area (Å²) >= 11 is 0. The molecular formula is C19H26N4O. The minimum absolute atomic E-state index is 0.0888. The molecule has 3 rings (SSSR count). The predicted molar refractivity (Wildman–Crippen MR) is 95.2 cm³/mol. The van der Waals surface area contributed by atoms with Crippen LogP contribution in [0.15, 0.2) is 36.4 Å². The number of piperidine rings is 1. The molecule has 0 radical (unpaired) electrons. The molecule has 2 aromatic rings. The van der Waals surface area contributed by atoms with Crippen LogP contribution >= 0.6 is 0 Å². The molecule has 5 heteroatoms. The Balaban J connectivity index is 1.66. The Morgan fingerprint density at radius 1 is 1.33 bits per heavy atom. The lowest BCUT2D eigenvalue weighted by Crippen LogP contribution is -2.42. The summed E-state index contributed by atoms with van der Waals surface area (Å²) in [5.41, 5.74) is 3.17. The molecule has 5 nitrogen and oxygen atoms in total. The van der Waals surface area contributed by atoms with E-state index in [-0.39, 0.29) is 17.9 Å². The highest BCUT2D eigenvalue weighted by atomic mass is 16.1. The van der Waals surface area contributed by atoms with Crippen molar-refractivity contribution in [3.8, 4) is 5.69 Å². The number of hydrogen-bond donors (Lipinski definition) is 2. The van der Waals surface area contributed by atoms with E-state index in [0.29, 0.717) is 0 Å². The van der Waals surface area contributed by atoms with Crippen molar-refractivity contribution < 1.29 is 4.79 Å². The first kappa shape index (κ1) is 16.7. The van der Waals surface area contributed by atoms with E-state index in [1.54, 1.807) is 0 Å². The lowest BCUT2D eigenvalue weighted by molar-refractivity contribution is -0.126. The average molecular weight is 326 g/mol. The number of nitrogens with one attached hydrogen (secondary N) is 2. The Kier molecular flexibility index (Phi) is 5.30. The van der Waals surface area contributed by atoms with Gasteiger partial charge in [-0.15, -0.1) is 0 Å². The lowest BCUT2D eigenvalue weighted by Gasteiger charge is -2.24. The van der Waals surface area contributed by atoms with E-state index in [4.69, 9.17) is 0 Å². The van der Waals surface area contributed by atoms with E-state index in [1.165, 1.54) is 0 Å². The van der Waals surface area contributed by atoms with E-state index < -0.39 is 0 Å². The molecule has 1 aromatic carbocycles. The Labute approximate surface area is 143 Å². The van der Waals surface area contributed by atoms with Crippen molar-refractivity contribution in [3.05, 3.63) is 47.8 Å². The highest BCUT2D eigenvalue weighted by Gasteiger charge is 2.22. The van der Waals surface area contributed by atoms with Gasteiger partial charge in [-0.2, -0.15) is 5.10 Å². The number of nitrogens with zero attached hydrogens (tertiary/aromatic N) is 2. The van der Waals surface area contributed by atoms with Crippen LogP contribution in [0.1, 0.15) is 31.2 Å². The van der Waals surface area contributed by atoms with Crippen molar-refractivity contribution in [2.24, 2.45) is 5.92 Å². The van der Waals surface area contributed by atoms with Crippen LogP contribution in [0.4, 0.5) is 0 Å². The van der Waals surface area contributed by atoms with E-state index in [1.807, 2.05) is 41.9 Å². The molecule has 2 heterocycles. The molecule has 0 aliphatic carbocycles. The smallest absolute Gasteiger partial charge is 0.223 e. The molecule has 1 atom stereocenters. The van der Waals surface area contributed by atoms with E-state index in [2.05, 4.69) is 28.7 Å². The molecule has 1 unspecified atom stereocenters. The molecular weight excluding hydrogens is 300 g/mol. The van der Waals surface area contributed by atoms with Crippen LogP contribution in [0.25, 0.3) is 5.69 Å². The molecule has 24 heavy (non-hydrogen) atoms. The van der Waals surface area contributed by atoms with Crippen molar-refractivity contribution in [3.63, 3.8) is 0 Å². The van der Waals surface area contributed by atoms with Gasteiger partial charge in [0.25, 0.3) is 0 Å². The quantitative estimate of drug-likeness (QED) is 0.886. The van der Waals surface area contributed by atoms with Crippen molar-refractivity contribution in [1.29, 1.82) is 0 Å². The summed E-state index contributed by atoms with van der Waals surface area (Å²) in [6.07, 6.45) is 2.63. The van der Waals surface area contributed by atoms with Gasteiger partial charge in [0.15, 0.2) is 0 Å². The second kappa shape index (κ2) is 7.62. The van der Waals surface area contributed by atoms with Crippen molar-refractivity contribution >= 4 is 5.91 Å². The van der Waals surface area contributed by atoms with Gasteiger partial charge in [0.2, 0.25) is 5.91 Å². The molecule has 0 spiro atoms. The fourth-order valence-corrected chi connectivity index (χ4v) is 3.30. The van der Waals surface area contributed by atoms with Crippen LogP contribution in [0.5, 0.6) is 0 Å². The highest BCUT2D eigenvalue weighted by molar-refractivity contribution is 5.79. The molecule has 1 aliphatic heterocycles. The van der Waals surface area contributed by atoms with Crippen LogP contribution in [0.2, 0.25) is 0 Å². The summed E-state index contributed by atoms with van der Waals surface area (Å²) in [5, 5.41) is 11.1. The third-order valence-corrected chi connectivity index (χ3v) is 4.52. The van der Waals surface area contributed by atoms with Gasteiger partial charge in [0.1, 0.15) is 0 Å². The number of hydrogen-bond acceptors (Lipinski definition) is 3. The number of aryl methyl sites for hydroxylation is 1. The molecule has 2 N–H and O–H groups in total. The lowest BCUT2D eigenvalue weighted by atomic mass is 9.97.